The van der Waals surface area contributed by atoms with Gasteiger partial charge in [0.1, 0.15) is 5.75 Å². The average Bonchev–Trinajstić information content (AvgIpc) is 2.88. The number of fused-ring (bicyclic) bond motifs is 1. The van der Waals surface area contributed by atoms with Crippen LogP contribution in [0.3, 0.4) is 0 Å². The summed E-state index contributed by atoms with van der Waals surface area (Å²) in [5, 5.41) is 11.5. The molecule has 1 aliphatic heterocycles. The van der Waals surface area contributed by atoms with E-state index in [9.17, 15) is 9.90 Å². The molecule has 3 atom stereocenters. The molecule has 2 aromatic rings. The van der Waals surface area contributed by atoms with E-state index in [2.05, 4.69) is 43.0 Å². The van der Waals surface area contributed by atoms with Gasteiger partial charge in [-0.2, -0.15) is 0 Å². The Morgan fingerprint density at radius 3 is 2.44 bits per heavy atom. The highest BCUT2D eigenvalue weighted by atomic mass is 16.5. The lowest BCUT2D eigenvalue weighted by Gasteiger charge is -2.52. The van der Waals surface area contributed by atoms with Gasteiger partial charge in [-0.1, -0.05) is 37.1 Å². The number of methoxy groups -OCH3 is 1. The predicted molar refractivity (Wildman–Crippen MR) is 138 cm³/mol. The lowest BCUT2D eigenvalue weighted by Crippen LogP contribution is -2.56. The highest BCUT2D eigenvalue weighted by Crippen LogP contribution is 2.49. The summed E-state index contributed by atoms with van der Waals surface area (Å²) in [4.78, 5) is 17.8. The van der Waals surface area contributed by atoms with Gasteiger partial charge in [0.05, 0.1) is 18.8 Å². The molecule has 0 radical (unpaired) electrons. The van der Waals surface area contributed by atoms with Crippen molar-refractivity contribution in [3.05, 3.63) is 65.7 Å². The molecule has 0 bridgehead atoms. The Kier molecular flexibility index (Phi) is 7.62. The first-order chi connectivity index (χ1) is 16.5. The standard InChI is InChI=1S/C29H38N2O3/c1-4-30(5-2)24-14-12-23(13-15-24)28-26-8-6-7-19-29(26,33)20-21-31(28)27(32)18-11-22-9-16-25(34-3)17-10-22/h9-18,26,28,33H,4-8,19-21H2,1-3H3/b18-11+/t26-,28+,29-/m1/s1. The van der Waals surface area contributed by atoms with E-state index in [0.717, 1.165) is 55.6 Å². The van der Waals surface area contributed by atoms with Crippen molar-refractivity contribution in [3.8, 4) is 5.75 Å². The molecule has 1 saturated heterocycles. The molecule has 182 valence electrons. The Balaban J connectivity index is 1.62. The highest BCUT2D eigenvalue weighted by molar-refractivity contribution is 5.92. The Morgan fingerprint density at radius 1 is 1.09 bits per heavy atom. The maximum absolute atomic E-state index is 13.4. The van der Waals surface area contributed by atoms with Crippen molar-refractivity contribution in [2.24, 2.45) is 5.92 Å². The number of rotatable bonds is 7. The van der Waals surface area contributed by atoms with Gasteiger partial charge in [0.2, 0.25) is 5.91 Å². The van der Waals surface area contributed by atoms with Gasteiger partial charge < -0.3 is 19.6 Å². The van der Waals surface area contributed by atoms with Crippen molar-refractivity contribution in [1.82, 2.24) is 4.90 Å². The van der Waals surface area contributed by atoms with Gasteiger partial charge in [0, 0.05) is 37.3 Å². The van der Waals surface area contributed by atoms with Crippen molar-refractivity contribution in [1.29, 1.82) is 0 Å². The lowest BCUT2D eigenvalue weighted by atomic mass is 9.66. The first-order valence-corrected chi connectivity index (χ1v) is 12.7. The van der Waals surface area contributed by atoms with Crippen LogP contribution in [0.2, 0.25) is 0 Å². The first kappa shape index (κ1) is 24.3. The van der Waals surface area contributed by atoms with Crippen LogP contribution in [0.4, 0.5) is 5.69 Å². The molecule has 1 heterocycles. The second kappa shape index (κ2) is 10.6. The van der Waals surface area contributed by atoms with Crippen LogP contribution in [0.5, 0.6) is 5.75 Å². The van der Waals surface area contributed by atoms with E-state index in [1.807, 2.05) is 35.2 Å². The molecule has 1 N–H and O–H groups in total. The summed E-state index contributed by atoms with van der Waals surface area (Å²) in [5.74, 6) is 0.859. The van der Waals surface area contributed by atoms with Gasteiger partial charge in [-0.05, 0) is 74.6 Å². The number of carbonyl (C=O) groups is 1. The third kappa shape index (κ3) is 5.00. The van der Waals surface area contributed by atoms with Crippen LogP contribution in [0, 0.1) is 5.92 Å². The third-order valence-electron chi connectivity index (χ3n) is 7.75. The van der Waals surface area contributed by atoms with Crippen molar-refractivity contribution in [2.45, 2.75) is 57.6 Å². The van der Waals surface area contributed by atoms with E-state index in [1.165, 1.54) is 5.69 Å². The van der Waals surface area contributed by atoms with E-state index in [1.54, 1.807) is 13.2 Å². The molecule has 0 unspecified atom stereocenters. The molecule has 0 aromatic heterocycles. The predicted octanol–water partition coefficient (Wildman–Crippen LogP) is 5.45. The smallest absolute Gasteiger partial charge is 0.247 e. The summed E-state index contributed by atoms with van der Waals surface area (Å²) < 4.78 is 5.22. The van der Waals surface area contributed by atoms with Gasteiger partial charge >= 0.3 is 0 Å². The Labute approximate surface area is 204 Å². The quantitative estimate of drug-likeness (QED) is 0.556. The average molecular weight is 463 g/mol. The molecule has 2 aromatic carbocycles. The summed E-state index contributed by atoms with van der Waals surface area (Å²) in [6, 6.07) is 16.2. The molecule has 2 fully saturated rings. The number of piperidine rings is 1. The summed E-state index contributed by atoms with van der Waals surface area (Å²) in [6.07, 6.45) is 8.13. The highest BCUT2D eigenvalue weighted by Gasteiger charge is 2.49. The number of ether oxygens (including phenoxy) is 1. The van der Waals surface area contributed by atoms with Crippen molar-refractivity contribution in [3.63, 3.8) is 0 Å². The van der Waals surface area contributed by atoms with Gasteiger partial charge in [0.25, 0.3) is 0 Å². The fourth-order valence-corrected chi connectivity index (χ4v) is 5.79. The zero-order chi connectivity index (χ0) is 24.1. The van der Waals surface area contributed by atoms with Crippen molar-refractivity contribution < 1.29 is 14.6 Å². The summed E-state index contributed by atoms with van der Waals surface area (Å²) >= 11 is 0. The summed E-state index contributed by atoms with van der Waals surface area (Å²) in [7, 11) is 1.64. The molecule has 1 saturated carbocycles. The molecular formula is C29H38N2O3. The number of anilines is 1. The summed E-state index contributed by atoms with van der Waals surface area (Å²) in [6.45, 7) is 6.82. The van der Waals surface area contributed by atoms with Crippen LogP contribution in [-0.4, -0.2) is 48.3 Å². The number of benzene rings is 2. The fraction of sp³-hybridized carbons (Fsp3) is 0.483. The number of aliphatic hydroxyl groups is 1. The normalized spacial score (nSPS) is 24.6. The molecule has 4 rings (SSSR count). The van der Waals surface area contributed by atoms with Crippen LogP contribution in [-0.2, 0) is 4.79 Å². The van der Waals surface area contributed by atoms with E-state index in [4.69, 9.17) is 4.74 Å². The monoisotopic (exact) mass is 462 g/mol. The number of nitrogens with zero attached hydrogens (tertiary/aromatic N) is 2. The van der Waals surface area contributed by atoms with Crippen molar-refractivity contribution in [2.75, 3.05) is 31.6 Å². The van der Waals surface area contributed by atoms with Gasteiger partial charge in [0.15, 0.2) is 0 Å². The van der Waals surface area contributed by atoms with Crippen molar-refractivity contribution >= 4 is 17.7 Å². The zero-order valence-corrected chi connectivity index (χ0v) is 20.7. The largest absolute Gasteiger partial charge is 0.497 e. The van der Waals surface area contributed by atoms with Crippen LogP contribution in [0.1, 0.15) is 63.1 Å². The molecule has 2 aliphatic rings. The van der Waals surface area contributed by atoms with Gasteiger partial charge in [-0.3, -0.25) is 4.79 Å². The van der Waals surface area contributed by atoms with Crippen LogP contribution in [0.25, 0.3) is 6.08 Å². The fourth-order valence-electron chi connectivity index (χ4n) is 5.79. The van der Waals surface area contributed by atoms with Crippen LogP contribution < -0.4 is 9.64 Å². The number of hydrogen-bond donors (Lipinski definition) is 1. The number of carbonyl (C=O) groups excluding carboxylic acids is 1. The molecule has 1 aliphatic carbocycles. The maximum atomic E-state index is 13.4. The molecular weight excluding hydrogens is 424 g/mol. The van der Waals surface area contributed by atoms with Gasteiger partial charge in [-0.15, -0.1) is 0 Å². The number of amides is 1. The molecule has 34 heavy (non-hydrogen) atoms. The van der Waals surface area contributed by atoms with E-state index >= 15 is 0 Å². The second-order valence-electron chi connectivity index (χ2n) is 9.55. The molecule has 1 amide bonds. The van der Waals surface area contributed by atoms with Crippen LogP contribution >= 0.6 is 0 Å². The molecule has 5 nitrogen and oxygen atoms in total. The minimum Gasteiger partial charge on any atom is -0.497 e. The number of hydrogen-bond acceptors (Lipinski definition) is 4. The van der Waals surface area contributed by atoms with E-state index in [0.29, 0.717) is 13.0 Å². The minimum absolute atomic E-state index is 0.00117. The summed E-state index contributed by atoms with van der Waals surface area (Å²) in [5.41, 5.74) is 2.59. The molecule has 0 spiro atoms. The van der Waals surface area contributed by atoms with E-state index < -0.39 is 5.60 Å². The number of likely N-dealkylation sites (tertiary alicyclic amines) is 1. The third-order valence-corrected chi connectivity index (χ3v) is 7.75. The zero-order valence-electron chi connectivity index (χ0n) is 20.7. The van der Waals surface area contributed by atoms with Gasteiger partial charge in [-0.25, -0.2) is 0 Å². The molecule has 5 heteroatoms. The Morgan fingerprint density at radius 2 is 1.79 bits per heavy atom. The van der Waals surface area contributed by atoms with E-state index in [-0.39, 0.29) is 17.9 Å². The second-order valence-corrected chi connectivity index (χ2v) is 9.55. The maximum Gasteiger partial charge on any atom is 0.247 e. The Hall–Kier alpha value is -2.79. The van der Waals surface area contributed by atoms with Crippen LogP contribution in [0.15, 0.2) is 54.6 Å². The lowest BCUT2D eigenvalue weighted by molar-refractivity contribution is -0.150. The minimum atomic E-state index is -0.684. The SMILES string of the molecule is CCN(CC)c1ccc([C@H]2[C@H]3CCCC[C@@]3(O)CCN2C(=O)/C=C/c2ccc(OC)cc2)cc1. The topological polar surface area (TPSA) is 53.0 Å². The first-order valence-electron chi connectivity index (χ1n) is 12.7. The Bertz CT molecular complexity index is 981.